The van der Waals surface area contributed by atoms with Gasteiger partial charge in [-0.15, -0.1) is 0 Å². The molecule has 21 heavy (non-hydrogen) atoms. The summed E-state index contributed by atoms with van der Waals surface area (Å²) in [6, 6.07) is 6.08. The minimum atomic E-state index is -3.82. The number of carbonyl (C=O) groups excluding carboxylic acids is 1. The highest BCUT2D eigenvalue weighted by molar-refractivity contribution is 9.10. The van der Waals surface area contributed by atoms with Crippen molar-refractivity contribution < 1.29 is 22.1 Å². The number of alkyl carbamates (subject to hydrolysis) is 1. The normalized spacial score (nSPS) is 12.0. The van der Waals surface area contributed by atoms with Crippen LogP contribution in [0.4, 0.5) is 4.79 Å². The Morgan fingerprint density at radius 3 is 2.33 bits per heavy atom. The lowest BCUT2D eigenvalue weighted by Crippen LogP contribution is -2.34. The molecule has 0 aliphatic carbocycles. The maximum absolute atomic E-state index is 11.8. The van der Waals surface area contributed by atoms with E-state index in [1.165, 1.54) is 12.1 Å². The number of hydrogen-bond donors (Lipinski definition) is 1. The fraction of sp³-hybridized carbons (Fsp3) is 0.462. The van der Waals surface area contributed by atoms with E-state index >= 15 is 0 Å². The highest BCUT2D eigenvalue weighted by atomic mass is 79.9. The molecule has 1 aromatic carbocycles. The van der Waals surface area contributed by atoms with Gasteiger partial charge in [-0.25, -0.2) is 4.79 Å². The van der Waals surface area contributed by atoms with Crippen molar-refractivity contribution in [2.75, 3.05) is 13.2 Å². The minimum Gasteiger partial charge on any atom is -0.444 e. The van der Waals surface area contributed by atoms with Gasteiger partial charge in [-0.3, -0.25) is 4.18 Å². The van der Waals surface area contributed by atoms with E-state index in [1.807, 2.05) is 0 Å². The number of hydrogen-bond acceptors (Lipinski definition) is 5. The Morgan fingerprint density at radius 1 is 1.24 bits per heavy atom. The van der Waals surface area contributed by atoms with Crippen molar-refractivity contribution in [1.29, 1.82) is 0 Å². The third-order valence-corrected chi connectivity index (χ3v) is 3.97. The molecule has 118 valence electrons. The molecule has 1 amide bonds. The molecule has 0 radical (unpaired) electrons. The zero-order chi connectivity index (χ0) is 16.1. The lowest BCUT2D eigenvalue weighted by molar-refractivity contribution is 0.0520. The quantitative estimate of drug-likeness (QED) is 0.628. The van der Waals surface area contributed by atoms with E-state index in [4.69, 9.17) is 8.92 Å². The Morgan fingerprint density at radius 2 is 1.81 bits per heavy atom. The zero-order valence-corrected chi connectivity index (χ0v) is 14.5. The number of benzene rings is 1. The van der Waals surface area contributed by atoms with E-state index in [0.717, 1.165) is 4.47 Å². The van der Waals surface area contributed by atoms with Crippen molar-refractivity contribution in [2.45, 2.75) is 31.3 Å². The predicted molar refractivity (Wildman–Crippen MR) is 81.5 cm³/mol. The number of amides is 1. The van der Waals surface area contributed by atoms with Crippen LogP contribution in [0.3, 0.4) is 0 Å². The molecule has 0 saturated carbocycles. The summed E-state index contributed by atoms with van der Waals surface area (Å²) in [4.78, 5) is 11.4. The Labute approximate surface area is 133 Å². The molecule has 0 unspecified atom stereocenters. The van der Waals surface area contributed by atoms with E-state index in [1.54, 1.807) is 32.9 Å². The number of rotatable bonds is 5. The van der Waals surface area contributed by atoms with E-state index < -0.39 is 21.8 Å². The van der Waals surface area contributed by atoms with Crippen LogP contribution in [0.1, 0.15) is 20.8 Å². The fourth-order valence-electron chi connectivity index (χ4n) is 1.29. The van der Waals surface area contributed by atoms with Gasteiger partial charge in [0.25, 0.3) is 10.1 Å². The highest BCUT2D eigenvalue weighted by Crippen LogP contribution is 2.16. The average molecular weight is 380 g/mol. The molecule has 1 aromatic rings. The van der Waals surface area contributed by atoms with Gasteiger partial charge in [-0.05, 0) is 45.0 Å². The van der Waals surface area contributed by atoms with Crippen molar-refractivity contribution in [3.8, 4) is 0 Å². The number of carbonyl (C=O) groups is 1. The smallest absolute Gasteiger partial charge is 0.407 e. The molecule has 6 nitrogen and oxygen atoms in total. The molecule has 0 fully saturated rings. The standard InChI is InChI=1S/C13H18BrNO5S/c1-13(2,3)20-12(16)15-8-9-19-21(17,18)11-6-4-10(14)5-7-11/h4-7H,8-9H2,1-3H3,(H,15,16). The van der Waals surface area contributed by atoms with Crippen molar-refractivity contribution in [2.24, 2.45) is 0 Å². The van der Waals surface area contributed by atoms with E-state index in [0.29, 0.717) is 0 Å². The van der Waals surface area contributed by atoms with Gasteiger partial charge in [-0.2, -0.15) is 8.42 Å². The second kappa shape index (κ2) is 7.24. The lowest BCUT2D eigenvalue weighted by atomic mass is 10.2. The maximum Gasteiger partial charge on any atom is 0.407 e. The zero-order valence-electron chi connectivity index (χ0n) is 12.1. The molecule has 8 heteroatoms. The summed E-state index contributed by atoms with van der Waals surface area (Å²) in [5.41, 5.74) is -0.603. The lowest BCUT2D eigenvalue weighted by Gasteiger charge is -2.19. The molecular formula is C13H18BrNO5S. The first-order valence-electron chi connectivity index (χ1n) is 6.22. The first-order valence-corrected chi connectivity index (χ1v) is 8.42. The van der Waals surface area contributed by atoms with E-state index in [9.17, 15) is 13.2 Å². The fourth-order valence-corrected chi connectivity index (χ4v) is 2.46. The monoisotopic (exact) mass is 379 g/mol. The summed E-state index contributed by atoms with van der Waals surface area (Å²) in [6.07, 6.45) is -0.618. The second-order valence-electron chi connectivity index (χ2n) is 5.16. The van der Waals surface area contributed by atoms with Crippen LogP contribution >= 0.6 is 15.9 Å². The van der Waals surface area contributed by atoms with Crippen LogP contribution in [-0.4, -0.2) is 33.3 Å². The topological polar surface area (TPSA) is 81.7 Å². The molecular weight excluding hydrogens is 362 g/mol. The molecule has 0 atom stereocenters. The summed E-state index contributed by atoms with van der Waals surface area (Å²) < 4.78 is 34.3. The molecule has 0 aliphatic heterocycles. The van der Waals surface area contributed by atoms with Gasteiger partial charge in [0.2, 0.25) is 0 Å². The van der Waals surface area contributed by atoms with Crippen molar-refractivity contribution in [1.82, 2.24) is 5.32 Å². The number of nitrogens with one attached hydrogen (secondary N) is 1. The molecule has 0 aromatic heterocycles. The molecule has 0 bridgehead atoms. The Bertz CT molecular complexity index is 578. The largest absolute Gasteiger partial charge is 0.444 e. The van der Waals surface area contributed by atoms with Crippen LogP contribution in [-0.2, 0) is 19.0 Å². The second-order valence-corrected chi connectivity index (χ2v) is 7.69. The van der Waals surface area contributed by atoms with Crippen molar-refractivity contribution in [3.05, 3.63) is 28.7 Å². The van der Waals surface area contributed by atoms with Crippen molar-refractivity contribution >= 4 is 32.1 Å². The van der Waals surface area contributed by atoms with Crippen LogP contribution < -0.4 is 5.32 Å². The third kappa shape index (κ3) is 6.92. The van der Waals surface area contributed by atoms with Crippen LogP contribution in [0.15, 0.2) is 33.6 Å². The predicted octanol–water partition coefficient (Wildman–Crippen LogP) is 2.68. The van der Waals surface area contributed by atoms with Gasteiger partial charge >= 0.3 is 6.09 Å². The Hall–Kier alpha value is -1.12. The summed E-state index contributed by atoms with van der Waals surface area (Å²) in [5.74, 6) is 0. The van der Waals surface area contributed by atoms with Crippen LogP contribution in [0.2, 0.25) is 0 Å². The Kier molecular flexibility index (Phi) is 6.18. The summed E-state index contributed by atoms with van der Waals surface area (Å²) in [5, 5.41) is 2.41. The van der Waals surface area contributed by atoms with Gasteiger partial charge in [0.15, 0.2) is 0 Å². The number of halogens is 1. The van der Waals surface area contributed by atoms with Gasteiger partial charge in [0, 0.05) is 11.0 Å². The van der Waals surface area contributed by atoms with Gasteiger partial charge in [0.05, 0.1) is 11.5 Å². The minimum absolute atomic E-state index is 0.0324. The van der Waals surface area contributed by atoms with Crippen LogP contribution in [0.5, 0.6) is 0 Å². The molecule has 0 spiro atoms. The summed E-state index contributed by atoms with van der Waals surface area (Å²) in [6.45, 7) is 5.07. The van der Waals surface area contributed by atoms with Gasteiger partial charge in [0.1, 0.15) is 5.60 Å². The van der Waals surface area contributed by atoms with Crippen LogP contribution in [0, 0.1) is 0 Å². The summed E-state index contributed by atoms with van der Waals surface area (Å²) >= 11 is 3.22. The SMILES string of the molecule is CC(C)(C)OC(=O)NCCOS(=O)(=O)c1ccc(Br)cc1. The summed E-state index contributed by atoms with van der Waals surface area (Å²) in [7, 11) is -3.82. The third-order valence-electron chi connectivity index (χ3n) is 2.11. The highest BCUT2D eigenvalue weighted by Gasteiger charge is 2.17. The first-order chi connectivity index (χ1) is 9.60. The van der Waals surface area contributed by atoms with Crippen LogP contribution in [0.25, 0.3) is 0 Å². The van der Waals surface area contributed by atoms with Crippen molar-refractivity contribution in [3.63, 3.8) is 0 Å². The molecule has 0 saturated heterocycles. The Balaban J connectivity index is 2.41. The van der Waals surface area contributed by atoms with Gasteiger partial charge in [-0.1, -0.05) is 15.9 Å². The maximum atomic E-state index is 11.8. The molecule has 0 aliphatic rings. The average Bonchev–Trinajstić information content (AvgIpc) is 2.33. The molecule has 0 heterocycles. The first kappa shape index (κ1) is 17.9. The van der Waals surface area contributed by atoms with Gasteiger partial charge < -0.3 is 10.1 Å². The molecule has 1 rings (SSSR count). The van der Waals surface area contributed by atoms with E-state index in [-0.39, 0.29) is 18.0 Å². The van der Waals surface area contributed by atoms with E-state index in [2.05, 4.69) is 21.2 Å². The number of ether oxygens (including phenoxy) is 1. The molecule has 1 N–H and O–H groups in total.